The lowest BCUT2D eigenvalue weighted by Gasteiger charge is -2.12. The van der Waals surface area contributed by atoms with Gasteiger partial charge in [0.1, 0.15) is 10.4 Å². The van der Waals surface area contributed by atoms with E-state index in [1.165, 1.54) is 6.92 Å². The SMILES string of the molecule is CCc1cnc(C(C)NC(=O)NC(=O)C(C)Cl)s1. The van der Waals surface area contributed by atoms with Gasteiger partial charge >= 0.3 is 6.03 Å². The summed E-state index contributed by atoms with van der Waals surface area (Å²) >= 11 is 7.09. The molecule has 100 valence electrons. The highest BCUT2D eigenvalue weighted by Gasteiger charge is 2.16. The number of hydrogen-bond donors (Lipinski definition) is 2. The predicted molar refractivity (Wildman–Crippen MR) is 71.9 cm³/mol. The lowest BCUT2D eigenvalue weighted by molar-refractivity contribution is -0.119. The van der Waals surface area contributed by atoms with Gasteiger partial charge in [-0.3, -0.25) is 10.1 Å². The number of amides is 3. The van der Waals surface area contributed by atoms with Crippen molar-refractivity contribution >= 4 is 34.9 Å². The number of imide groups is 1. The zero-order chi connectivity index (χ0) is 13.7. The first-order valence-electron chi connectivity index (χ1n) is 5.64. The van der Waals surface area contributed by atoms with Gasteiger partial charge in [-0.15, -0.1) is 22.9 Å². The van der Waals surface area contributed by atoms with E-state index in [0.717, 1.165) is 16.3 Å². The molecule has 1 rings (SSSR count). The minimum atomic E-state index is -0.738. The maximum Gasteiger partial charge on any atom is 0.322 e. The number of carbonyl (C=O) groups excluding carboxylic acids is 2. The third-order valence-corrected chi connectivity index (χ3v) is 3.76. The first kappa shape index (κ1) is 14.9. The summed E-state index contributed by atoms with van der Waals surface area (Å²) < 4.78 is 0. The van der Waals surface area contributed by atoms with Gasteiger partial charge in [0, 0.05) is 11.1 Å². The Morgan fingerprint density at radius 1 is 1.50 bits per heavy atom. The van der Waals surface area contributed by atoms with Crippen molar-refractivity contribution in [1.82, 2.24) is 15.6 Å². The van der Waals surface area contributed by atoms with Gasteiger partial charge in [0.25, 0.3) is 0 Å². The quantitative estimate of drug-likeness (QED) is 0.835. The first-order valence-corrected chi connectivity index (χ1v) is 6.89. The Kier molecular flexibility index (Phi) is 5.55. The summed E-state index contributed by atoms with van der Waals surface area (Å²) in [6.07, 6.45) is 2.71. The van der Waals surface area contributed by atoms with Crippen LogP contribution in [0, 0.1) is 0 Å². The number of urea groups is 1. The summed E-state index contributed by atoms with van der Waals surface area (Å²) in [5, 5.41) is 4.87. The van der Waals surface area contributed by atoms with E-state index in [1.807, 2.05) is 13.8 Å². The van der Waals surface area contributed by atoms with Gasteiger partial charge in [0.05, 0.1) is 6.04 Å². The highest BCUT2D eigenvalue weighted by Crippen LogP contribution is 2.19. The smallest absolute Gasteiger partial charge is 0.322 e. The Balaban J connectivity index is 2.51. The lowest BCUT2D eigenvalue weighted by atomic mass is 10.3. The average molecular weight is 290 g/mol. The van der Waals surface area contributed by atoms with Gasteiger partial charge in [-0.05, 0) is 20.3 Å². The molecule has 18 heavy (non-hydrogen) atoms. The van der Waals surface area contributed by atoms with Crippen LogP contribution in [-0.2, 0) is 11.2 Å². The summed E-state index contributed by atoms with van der Waals surface area (Å²) in [5.74, 6) is -0.519. The van der Waals surface area contributed by atoms with Crippen molar-refractivity contribution in [3.05, 3.63) is 16.1 Å². The highest BCUT2D eigenvalue weighted by atomic mass is 35.5. The van der Waals surface area contributed by atoms with Crippen molar-refractivity contribution in [2.24, 2.45) is 0 Å². The molecule has 0 bridgehead atoms. The van der Waals surface area contributed by atoms with Gasteiger partial charge in [-0.2, -0.15) is 0 Å². The highest BCUT2D eigenvalue weighted by molar-refractivity contribution is 7.11. The van der Waals surface area contributed by atoms with Crippen LogP contribution < -0.4 is 10.6 Å². The number of aromatic nitrogens is 1. The number of carbonyl (C=O) groups is 2. The number of alkyl halides is 1. The molecule has 5 nitrogen and oxygen atoms in total. The van der Waals surface area contributed by atoms with Gasteiger partial charge in [0.15, 0.2) is 0 Å². The molecule has 0 fully saturated rings. The molecule has 0 aliphatic heterocycles. The Morgan fingerprint density at radius 3 is 2.67 bits per heavy atom. The minimum absolute atomic E-state index is 0.242. The second-order valence-corrected chi connectivity index (χ2v) is 5.62. The van der Waals surface area contributed by atoms with Crippen LogP contribution in [0.4, 0.5) is 4.79 Å². The van der Waals surface area contributed by atoms with Crippen molar-refractivity contribution in [2.75, 3.05) is 0 Å². The molecule has 0 radical (unpaired) electrons. The van der Waals surface area contributed by atoms with Crippen molar-refractivity contribution in [3.8, 4) is 0 Å². The largest absolute Gasteiger partial charge is 0.329 e. The van der Waals surface area contributed by atoms with Crippen molar-refractivity contribution in [1.29, 1.82) is 0 Å². The second-order valence-electron chi connectivity index (χ2n) is 3.82. The van der Waals surface area contributed by atoms with Gasteiger partial charge in [-0.1, -0.05) is 6.92 Å². The monoisotopic (exact) mass is 289 g/mol. The van der Waals surface area contributed by atoms with Crippen LogP contribution in [-0.4, -0.2) is 22.3 Å². The summed E-state index contributed by atoms with van der Waals surface area (Å²) in [6.45, 7) is 5.36. The molecule has 0 aliphatic carbocycles. The molecule has 7 heteroatoms. The number of hydrogen-bond acceptors (Lipinski definition) is 4. The Morgan fingerprint density at radius 2 is 2.17 bits per heavy atom. The number of aryl methyl sites for hydroxylation is 1. The Labute approximate surface area is 115 Å². The van der Waals surface area contributed by atoms with E-state index in [-0.39, 0.29) is 6.04 Å². The van der Waals surface area contributed by atoms with E-state index in [1.54, 1.807) is 17.5 Å². The van der Waals surface area contributed by atoms with Crippen LogP contribution in [0.2, 0.25) is 0 Å². The normalized spacial score (nSPS) is 13.8. The molecule has 1 heterocycles. The van der Waals surface area contributed by atoms with E-state index in [0.29, 0.717) is 0 Å². The molecular weight excluding hydrogens is 274 g/mol. The Bertz CT molecular complexity index is 434. The molecular formula is C11H16ClN3O2S. The number of rotatable bonds is 4. The molecule has 0 saturated carbocycles. The Hall–Kier alpha value is -1.14. The topological polar surface area (TPSA) is 71.1 Å². The molecule has 1 aromatic rings. The molecule has 0 aromatic carbocycles. The van der Waals surface area contributed by atoms with Gasteiger partial charge in [-0.25, -0.2) is 9.78 Å². The van der Waals surface area contributed by atoms with E-state index in [9.17, 15) is 9.59 Å². The molecule has 2 atom stereocenters. The maximum absolute atomic E-state index is 11.5. The molecule has 0 saturated heterocycles. The average Bonchev–Trinajstić information content (AvgIpc) is 2.76. The second kappa shape index (κ2) is 6.70. The summed E-state index contributed by atoms with van der Waals surface area (Å²) in [4.78, 5) is 28.1. The van der Waals surface area contributed by atoms with E-state index in [2.05, 4.69) is 15.6 Å². The molecule has 0 aliphatic rings. The molecule has 0 spiro atoms. The van der Waals surface area contributed by atoms with Crippen molar-refractivity contribution in [3.63, 3.8) is 0 Å². The number of halogens is 1. The van der Waals surface area contributed by atoms with Gasteiger partial charge < -0.3 is 5.32 Å². The third kappa shape index (κ3) is 4.27. The van der Waals surface area contributed by atoms with Crippen LogP contribution in [0.1, 0.15) is 36.7 Å². The standard InChI is InChI=1S/C11H16ClN3O2S/c1-4-8-5-13-10(18-8)7(3)14-11(17)15-9(16)6(2)12/h5-7H,4H2,1-3H3,(H2,14,15,16,17). The van der Waals surface area contributed by atoms with Crippen molar-refractivity contribution < 1.29 is 9.59 Å². The summed E-state index contributed by atoms with van der Waals surface area (Å²) in [6, 6.07) is -0.804. The first-order chi connectivity index (χ1) is 8.43. The fourth-order valence-corrected chi connectivity index (χ4v) is 2.11. The zero-order valence-corrected chi connectivity index (χ0v) is 12.1. The predicted octanol–water partition coefficient (Wildman–Crippen LogP) is 2.22. The van der Waals surface area contributed by atoms with Crippen LogP contribution in [0.25, 0.3) is 0 Å². The van der Waals surface area contributed by atoms with Crippen LogP contribution in [0.5, 0.6) is 0 Å². The van der Waals surface area contributed by atoms with Crippen LogP contribution in [0.15, 0.2) is 6.20 Å². The zero-order valence-electron chi connectivity index (χ0n) is 10.5. The van der Waals surface area contributed by atoms with E-state index < -0.39 is 17.3 Å². The molecule has 3 amide bonds. The van der Waals surface area contributed by atoms with E-state index in [4.69, 9.17) is 11.6 Å². The fourth-order valence-electron chi connectivity index (χ4n) is 1.19. The number of nitrogens with zero attached hydrogens (tertiary/aromatic N) is 1. The number of nitrogens with one attached hydrogen (secondary N) is 2. The summed E-state index contributed by atoms with van der Waals surface area (Å²) in [5.41, 5.74) is 0. The lowest BCUT2D eigenvalue weighted by Crippen LogP contribution is -2.43. The fraction of sp³-hybridized carbons (Fsp3) is 0.545. The number of thiazole rings is 1. The summed E-state index contributed by atoms with van der Waals surface area (Å²) in [7, 11) is 0. The maximum atomic E-state index is 11.5. The van der Waals surface area contributed by atoms with E-state index >= 15 is 0 Å². The van der Waals surface area contributed by atoms with Crippen LogP contribution >= 0.6 is 22.9 Å². The van der Waals surface area contributed by atoms with Crippen molar-refractivity contribution in [2.45, 2.75) is 38.6 Å². The van der Waals surface area contributed by atoms with Gasteiger partial charge in [0.2, 0.25) is 5.91 Å². The minimum Gasteiger partial charge on any atom is -0.329 e. The molecule has 2 unspecified atom stereocenters. The molecule has 1 aromatic heterocycles. The van der Waals surface area contributed by atoms with Crippen LogP contribution in [0.3, 0.4) is 0 Å². The third-order valence-electron chi connectivity index (χ3n) is 2.24. The molecule has 2 N–H and O–H groups in total.